The van der Waals surface area contributed by atoms with Crippen LogP contribution in [0.25, 0.3) is 0 Å². The molecule has 2 aliphatic carbocycles. The predicted octanol–water partition coefficient (Wildman–Crippen LogP) is 6.94. The Morgan fingerprint density at radius 2 is 1.58 bits per heavy atom. The number of amides is 1. The van der Waals surface area contributed by atoms with Gasteiger partial charge in [-0.1, -0.05) is 79.5 Å². The number of para-hydroxylation sites is 1. The summed E-state index contributed by atoms with van der Waals surface area (Å²) >= 11 is 11.6. The topological polar surface area (TPSA) is 117 Å². The third-order valence-electron chi connectivity index (χ3n) is 7.45. The summed E-state index contributed by atoms with van der Waals surface area (Å²) in [4.78, 5) is 15.0. The highest BCUT2D eigenvalue weighted by Gasteiger charge is 2.45. The molecule has 0 bridgehead atoms. The van der Waals surface area contributed by atoms with Crippen molar-refractivity contribution in [2.75, 3.05) is 31.1 Å². The highest BCUT2D eigenvalue weighted by atomic mass is 35.5. The SMILES string of the molecule is C/C(N)=N/N(C)N.CC.Clc1ccccc1.O=C1COCC(c2ccc(Cl)cc2)N1C(CN(c1ccccc1F)S(=O)C1CC1)C1CC1. The Morgan fingerprint density at radius 1 is 1.00 bits per heavy atom. The van der Waals surface area contributed by atoms with E-state index in [1.807, 2.05) is 73.3 Å². The van der Waals surface area contributed by atoms with Crippen molar-refractivity contribution in [3.05, 3.63) is 100 Å². The first-order valence-corrected chi connectivity index (χ1v) is 18.0. The van der Waals surface area contributed by atoms with Crippen LogP contribution in [-0.2, 0) is 20.5 Å². The molecule has 0 radical (unpaired) electrons. The summed E-state index contributed by atoms with van der Waals surface area (Å²) in [5.74, 6) is 5.35. The zero-order valence-electron chi connectivity index (χ0n) is 28.0. The van der Waals surface area contributed by atoms with Crippen LogP contribution in [0.15, 0.2) is 84.0 Å². The standard InChI is InChI=1S/C24H26ClFN2O3S.C6H5Cl.C3H10N4.C2H6/c25-18-9-7-17(8-10-18)23-14-31-15-24(29)28(23)22(16-5-6-16)13-27(32(30)19-11-12-19)21-4-2-1-3-20(21)26;7-6-4-2-1-3-5-6;1-3(4)6-7(2)5;1-2/h1-4,7-10,16,19,22-23H,5-6,11-15H2;1-5H;5H2,1-2H3,(H2,4,6);1-2H3. The van der Waals surface area contributed by atoms with E-state index >= 15 is 0 Å². The van der Waals surface area contributed by atoms with E-state index in [0.29, 0.717) is 35.6 Å². The first kappa shape index (κ1) is 39.2. The first-order chi connectivity index (χ1) is 23.0. The lowest BCUT2D eigenvalue weighted by Gasteiger charge is -2.43. The third kappa shape index (κ3) is 12.3. The van der Waals surface area contributed by atoms with E-state index < -0.39 is 16.8 Å². The molecule has 9 nitrogen and oxygen atoms in total. The van der Waals surface area contributed by atoms with Gasteiger partial charge in [-0.25, -0.2) is 19.6 Å². The van der Waals surface area contributed by atoms with Gasteiger partial charge in [0.15, 0.2) is 0 Å². The van der Waals surface area contributed by atoms with E-state index in [2.05, 4.69) is 5.10 Å². The van der Waals surface area contributed by atoms with Crippen molar-refractivity contribution in [1.29, 1.82) is 0 Å². The van der Waals surface area contributed by atoms with E-state index in [9.17, 15) is 13.4 Å². The first-order valence-electron chi connectivity index (χ1n) is 16.1. The number of morpholine rings is 1. The normalized spacial score (nSPS) is 18.5. The van der Waals surface area contributed by atoms with Gasteiger partial charge in [0.25, 0.3) is 0 Å². The molecule has 13 heteroatoms. The molecule has 262 valence electrons. The highest BCUT2D eigenvalue weighted by molar-refractivity contribution is 7.87. The van der Waals surface area contributed by atoms with Crippen LogP contribution in [0.3, 0.4) is 0 Å². The zero-order chi connectivity index (χ0) is 35.2. The monoisotopic (exact) mass is 720 g/mol. The molecule has 3 aromatic carbocycles. The van der Waals surface area contributed by atoms with Crippen LogP contribution in [0, 0.1) is 11.7 Å². The predicted molar refractivity (Wildman–Crippen MR) is 195 cm³/mol. The Hall–Kier alpha value is -3.22. The zero-order valence-corrected chi connectivity index (χ0v) is 30.3. The van der Waals surface area contributed by atoms with Crippen molar-refractivity contribution in [1.82, 2.24) is 10.0 Å². The number of ether oxygens (including phenoxy) is 1. The van der Waals surface area contributed by atoms with E-state index in [1.54, 1.807) is 36.5 Å². The van der Waals surface area contributed by atoms with Gasteiger partial charge in [0.1, 0.15) is 29.2 Å². The molecule has 4 N–H and O–H groups in total. The van der Waals surface area contributed by atoms with Gasteiger partial charge in [-0.05, 0) is 80.5 Å². The van der Waals surface area contributed by atoms with Crippen molar-refractivity contribution >= 4 is 51.6 Å². The van der Waals surface area contributed by atoms with Gasteiger partial charge in [-0.2, -0.15) is 0 Å². The smallest absolute Gasteiger partial charge is 0.249 e. The number of carbonyl (C=O) groups excluding carboxylic acids is 1. The fraction of sp³-hybridized carbons (Fsp3) is 0.429. The van der Waals surface area contributed by atoms with E-state index in [-0.39, 0.29) is 29.8 Å². The van der Waals surface area contributed by atoms with Gasteiger partial charge in [0.2, 0.25) is 5.91 Å². The van der Waals surface area contributed by atoms with E-state index in [0.717, 1.165) is 41.4 Å². The lowest BCUT2D eigenvalue weighted by Crippen LogP contribution is -2.54. The van der Waals surface area contributed by atoms with Crippen LogP contribution in [0.4, 0.5) is 10.1 Å². The summed E-state index contributed by atoms with van der Waals surface area (Å²) in [6, 6.07) is 23.0. The van der Waals surface area contributed by atoms with Crippen LogP contribution in [-0.4, -0.2) is 64.1 Å². The molecule has 6 rings (SSSR count). The minimum absolute atomic E-state index is 0.0265. The number of nitrogens with two attached hydrogens (primary N) is 2. The van der Waals surface area contributed by atoms with Crippen molar-refractivity contribution in [2.24, 2.45) is 22.6 Å². The number of rotatable bonds is 9. The minimum atomic E-state index is -1.34. The molecule has 3 fully saturated rings. The Morgan fingerprint density at radius 3 is 2.06 bits per heavy atom. The number of amidine groups is 1. The second-order valence-electron chi connectivity index (χ2n) is 11.4. The molecule has 3 unspecified atom stereocenters. The van der Waals surface area contributed by atoms with Crippen molar-refractivity contribution in [3.63, 3.8) is 0 Å². The van der Waals surface area contributed by atoms with Crippen LogP contribution in [0.1, 0.15) is 58.1 Å². The van der Waals surface area contributed by atoms with Crippen LogP contribution in [0.5, 0.6) is 0 Å². The maximum atomic E-state index is 14.8. The van der Waals surface area contributed by atoms with Crippen LogP contribution in [0.2, 0.25) is 10.0 Å². The molecule has 0 spiro atoms. The molecule has 1 aliphatic heterocycles. The Bertz CT molecular complexity index is 1470. The molecular formula is C35H47Cl2FN6O3S. The van der Waals surface area contributed by atoms with E-state index in [4.69, 9.17) is 39.5 Å². The minimum Gasteiger partial charge on any atom is -0.386 e. The maximum absolute atomic E-state index is 14.8. The summed E-state index contributed by atoms with van der Waals surface area (Å²) in [7, 11) is 0.271. The number of hydrazone groups is 1. The van der Waals surface area contributed by atoms with Crippen molar-refractivity contribution in [2.45, 2.75) is 63.8 Å². The average Bonchev–Trinajstić information content (AvgIpc) is 3.98. The van der Waals surface area contributed by atoms with Gasteiger partial charge >= 0.3 is 0 Å². The summed E-state index contributed by atoms with van der Waals surface area (Å²) in [5.41, 5.74) is 6.41. The second-order valence-corrected chi connectivity index (χ2v) is 13.9. The quantitative estimate of drug-likeness (QED) is 0.107. The number of nitrogens with zero attached hydrogens (tertiary/aromatic N) is 4. The number of anilines is 1. The molecule has 1 heterocycles. The fourth-order valence-corrected chi connectivity index (χ4v) is 6.91. The third-order valence-corrected chi connectivity index (χ3v) is 9.78. The lowest BCUT2D eigenvalue weighted by atomic mass is 10.00. The van der Waals surface area contributed by atoms with E-state index in [1.165, 1.54) is 6.07 Å². The Balaban J connectivity index is 0.000000324. The second kappa shape index (κ2) is 19.7. The largest absolute Gasteiger partial charge is 0.386 e. The van der Waals surface area contributed by atoms with Gasteiger partial charge in [-0.15, -0.1) is 5.10 Å². The van der Waals surface area contributed by atoms with Crippen molar-refractivity contribution in [3.8, 4) is 0 Å². The average molecular weight is 722 g/mol. The number of hydrazine groups is 1. The summed E-state index contributed by atoms with van der Waals surface area (Å²) in [6.45, 7) is 6.43. The van der Waals surface area contributed by atoms with Gasteiger partial charge in [0, 0.05) is 17.1 Å². The molecule has 3 aliphatic rings. The number of halogens is 3. The molecular weight excluding hydrogens is 674 g/mol. The molecule has 3 atom stereocenters. The summed E-state index contributed by atoms with van der Waals surface area (Å²) < 4.78 is 35.4. The summed E-state index contributed by atoms with van der Waals surface area (Å²) in [5, 5.41) is 6.23. The van der Waals surface area contributed by atoms with Crippen molar-refractivity contribution < 1.29 is 18.1 Å². The van der Waals surface area contributed by atoms with Gasteiger partial charge in [-0.3, -0.25) is 9.10 Å². The van der Waals surface area contributed by atoms with Gasteiger partial charge < -0.3 is 15.4 Å². The molecule has 48 heavy (non-hydrogen) atoms. The number of hydrogen-bond donors (Lipinski definition) is 2. The lowest BCUT2D eigenvalue weighted by molar-refractivity contribution is -0.152. The Labute approximate surface area is 296 Å². The molecule has 1 saturated heterocycles. The molecule has 3 aromatic rings. The highest BCUT2D eigenvalue weighted by Crippen LogP contribution is 2.42. The van der Waals surface area contributed by atoms with Crippen LogP contribution < -0.4 is 15.9 Å². The Kier molecular flexibility index (Phi) is 16.1. The number of hydrogen-bond acceptors (Lipinski definition) is 6. The summed E-state index contributed by atoms with van der Waals surface area (Å²) in [6.07, 6.45) is 3.78. The van der Waals surface area contributed by atoms with Crippen LogP contribution >= 0.6 is 23.2 Å². The number of carbonyl (C=O) groups is 1. The number of benzene rings is 3. The molecule has 0 aromatic heterocycles. The molecule has 2 saturated carbocycles. The van der Waals surface area contributed by atoms with Gasteiger partial charge in [0.05, 0.1) is 36.2 Å². The molecule has 1 amide bonds. The fourth-order valence-electron chi connectivity index (χ4n) is 5.10. The maximum Gasteiger partial charge on any atom is 0.249 e.